The van der Waals surface area contributed by atoms with Gasteiger partial charge in [0.2, 0.25) is 0 Å². The number of aromatic amines is 1. The third kappa shape index (κ3) is 5.76. The number of sulfonamides is 1. The molecule has 0 saturated carbocycles. The number of H-pyrrole nitrogens is 1. The second-order valence-electron chi connectivity index (χ2n) is 6.10. The van der Waals surface area contributed by atoms with Gasteiger partial charge in [0.15, 0.2) is 5.03 Å². The first-order valence-corrected chi connectivity index (χ1v) is 8.99. The van der Waals surface area contributed by atoms with Crippen LogP contribution >= 0.6 is 0 Å². The summed E-state index contributed by atoms with van der Waals surface area (Å²) in [6, 6.07) is 0.286. The Kier molecular flexibility index (Phi) is 6.83. The lowest BCUT2D eigenvalue weighted by atomic mass is 10.1. The van der Waals surface area contributed by atoms with E-state index in [1.807, 2.05) is 20.8 Å². The fraction of sp³-hybridized carbons (Fsp3) is 0.786. The minimum absolute atomic E-state index is 0.109. The van der Waals surface area contributed by atoms with Crippen LogP contribution in [0.25, 0.3) is 0 Å². The maximum Gasteiger partial charge on any atom is 0.260 e. The van der Waals surface area contributed by atoms with E-state index in [0.29, 0.717) is 24.6 Å². The van der Waals surface area contributed by atoms with Crippen LogP contribution < -0.4 is 10.0 Å². The molecule has 1 aromatic rings. The van der Waals surface area contributed by atoms with Crippen molar-refractivity contribution < 1.29 is 8.42 Å². The SMILES string of the molecule is Cc1[nH]nc(S(=O)(=O)NCCCC(C)C)c1CNC(C)C. The molecule has 0 aliphatic heterocycles. The summed E-state index contributed by atoms with van der Waals surface area (Å²) in [5.74, 6) is 0.577. The van der Waals surface area contributed by atoms with Gasteiger partial charge in [0, 0.05) is 30.4 Å². The molecule has 0 unspecified atom stereocenters. The van der Waals surface area contributed by atoms with E-state index in [1.165, 1.54) is 0 Å². The second-order valence-corrected chi connectivity index (χ2v) is 7.78. The minimum atomic E-state index is -3.55. The van der Waals surface area contributed by atoms with Crippen molar-refractivity contribution in [2.24, 2.45) is 5.92 Å². The van der Waals surface area contributed by atoms with Gasteiger partial charge in [-0.1, -0.05) is 27.7 Å². The lowest BCUT2D eigenvalue weighted by molar-refractivity contribution is 0.536. The number of aromatic nitrogens is 2. The van der Waals surface area contributed by atoms with Gasteiger partial charge in [-0.2, -0.15) is 5.10 Å². The molecular weight excluding hydrogens is 288 g/mol. The fourth-order valence-electron chi connectivity index (χ4n) is 1.95. The van der Waals surface area contributed by atoms with Crippen LogP contribution in [-0.4, -0.2) is 31.2 Å². The Bertz CT molecular complexity index is 535. The van der Waals surface area contributed by atoms with Crippen LogP contribution in [-0.2, 0) is 16.6 Å². The van der Waals surface area contributed by atoms with Gasteiger partial charge < -0.3 is 5.32 Å². The Balaban J connectivity index is 2.74. The molecule has 0 aromatic carbocycles. The molecule has 21 heavy (non-hydrogen) atoms. The van der Waals surface area contributed by atoms with E-state index in [-0.39, 0.29) is 11.1 Å². The number of nitrogens with zero attached hydrogens (tertiary/aromatic N) is 1. The third-order valence-electron chi connectivity index (χ3n) is 3.23. The van der Waals surface area contributed by atoms with E-state index in [1.54, 1.807) is 0 Å². The van der Waals surface area contributed by atoms with E-state index in [9.17, 15) is 8.42 Å². The predicted molar refractivity (Wildman–Crippen MR) is 84.6 cm³/mol. The van der Waals surface area contributed by atoms with Crippen molar-refractivity contribution in [2.45, 2.75) is 65.1 Å². The molecule has 0 spiro atoms. The second kappa shape index (κ2) is 7.91. The standard InChI is InChI=1S/C14H28N4O2S/c1-10(2)7-6-8-16-21(19,20)14-13(9-15-11(3)4)12(5)17-18-14/h10-11,15-16H,6-9H2,1-5H3,(H,17,18). The molecule has 0 aliphatic rings. The van der Waals surface area contributed by atoms with Crippen LogP contribution in [0.5, 0.6) is 0 Å². The summed E-state index contributed by atoms with van der Waals surface area (Å²) in [4.78, 5) is 0. The normalized spacial score (nSPS) is 12.5. The van der Waals surface area contributed by atoms with E-state index < -0.39 is 10.0 Å². The summed E-state index contributed by atoms with van der Waals surface area (Å²) in [7, 11) is -3.55. The fourth-order valence-corrected chi connectivity index (χ4v) is 3.22. The quantitative estimate of drug-likeness (QED) is 0.608. The molecule has 1 heterocycles. The summed E-state index contributed by atoms with van der Waals surface area (Å²) in [5.41, 5.74) is 1.49. The maximum atomic E-state index is 12.3. The van der Waals surface area contributed by atoms with Gasteiger partial charge in [0.05, 0.1) is 0 Å². The van der Waals surface area contributed by atoms with Crippen LogP contribution in [0.4, 0.5) is 0 Å². The molecule has 1 aromatic heterocycles. The summed E-state index contributed by atoms with van der Waals surface area (Å²) in [6.45, 7) is 11.1. The van der Waals surface area contributed by atoms with Gasteiger partial charge in [-0.15, -0.1) is 0 Å². The zero-order valence-electron chi connectivity index (χ0n) is 13.7. The van der Waals surface area contributed by atoms with Gasteiger partial charge in [-0.25, -0.2) is 13.1 Å². The average Bonchev–Trinajstić information content (AvgIpc) is 2.74. The largest absolute Gasteiger partial charge is 0.310 e. The summed E-state index contributed by atoms with van der Waals surface area (Å²) in [6.07, 6.45) is 1.84. The number of hydrogen-bond donors (Lipinski definition) is 3. The monoisotopic (exact) mass is 316 g/mol. The van der Waals surface area contributed by atoms with Crippen LogP contribution in [0.2, 0.25) is 0 Å². The third-order valence-corrected chi connectivity index (χ3v) is 4.66. The van der Waals surface area contributed by atoms with Crippen molar-refractivity contribution in [3.05, 3.63) is 11.3 Å². The summed E-state index contributed by atoms with van der Waals surface area (Å²) < 4.78 is 27.3. The highest BCUT2D eigenvalue weighted by atomic mass is 32.2. The van der Waals surface area contributed by atoms with Crippen LogP contribution in [0.3, 0.4) is 0 Å². The van der Waals surface area contributed by atoms with Gasteiger partial charge in [-0.3, -0.25) is 5.10 Å². The number of hydrogen-bond acceptors (Lipinski definition) is 4. The van der Waals surface area contributed by atoms with Crippen molar-refractivity contribution in [1.29, 1.82) is 0 Å². The number of rotatable bonds is 9. The first-order valence-electron chi connectivity index (χ1n) is 7.51. The van der Waals surface area contributed by atoms with Gasteiger partial charge >= 0.3 is 0 Å². The van der Waals surface area contributed by atoms with Crippen molar-refractivity contribution in [3.8, 4) is 0 Å². The van der Waals surface area contributed by atoms with Crippen LogP contribution in [0.1, 0.15) is 51.8 Å². The molecular formula is C14H28N4O2S. The maximum absolute atomic E-state index is 12.3. The molecule has 0 fully saturated rings. The zero-order chi connectivity index (χ0) is 16.0. The number of nitrogens with one attached hydrogen (secondary N) is 3. The smallest absolute Gasteiger partial charge is 0.260 e. The topological polar surface area (TPSA) is 86.9 Å². The molecule has 122 valence electrons. The molecule has 3 N–H and O–H groups in total. The average molecular weight is 316 g/mol. The highest BCUT2D eigenvalue weighted by Crippen LogP contribution is 2.16. The lowest BCUT2D eigenvalue weighted by Crippen LogP contribution is -2.28. The van der Waals surface area contributed by atoms with E-state index in [4.69, 9.17) is 0 Å². The Labute approximate surface area is 128 Å². The molecule has 0 atom stereocenters. The Morgan fingerprint density at radius 2 is 1.90 bits per heavy atom. The lowest BCUT2D eigenvalue weighted by Gasteiger charge is -2.10. The molecule has 0 bridgehead atoms. The highest BCUT2D eigenvalue weighted by Gasteiger charge is 2.23. The minimum Gasteiger partial charge on any atom is -0.310 e. The number of aryl methyl sites for hydroxylation is 1. The first-order chi connectivity index (χ1) is 9.74. The van der Waals surface area contributed by atoms with Gasteiger partial charge in [0.1, 0.15) is 0 Å². The van der Waals surface area contributed by atoms with E-state index >= 15 is 0 Å². The molecule has 1 rings (SSSR count). The van der Waals surface area contributed by atoms with Gasteiger partial charge in [-0.05, 0) is 25.7 Å². The zero-order valence-corrected chi connectivity index (χ0v) is 14.5. The molecule has 0 saturated heterocycles. The molecule has 0 aliphatic carbocycles. The predicted octanol–water partition coefficient (Wildman–Crippen LogP) is 1.93. The molecule has 0 amide bonds. The van der Waals surface area contributed by atoms with Crippen LogP contribution in [0, 0.1) is 12.8 Å². The Hall–Kier alpha value is -0.920. The summed E-state index contributed by atoms with van der Waals surface area (Å²) in [5, 5.41) is 10.1. The first kappa shape index (κ1) is 18.1. The van der Waals surface area contributed by atoms with E-state index in [0.717, 1.165) is 18.5 Å². The van der Waals surface area contributed by atoms with Crippen molar-refractivity contribution >= 4 is 10.0 Å². The van der Waals surface area contributed by atoms with Crippen LogP contribution in [0.15, 0.2) is 5.03 Å². The molecule has 6 nitrogen and oxygen atoms in total. The van der Waals surface area contributed by atoms with Crippen molar-refractivity contribution in [3.63, 3.8) is 0 Å². The molecule has 0 radical (unpaired) electrons. The summed E-state index contributed by atoms with van der Waals surface area (Å²) >= 11 is 0. The van der Waals surface area contributed by atoms with Crippen molar-refractivity contribution in [1.82, 2.24) is 20.2 Å². The van der Waals surface area contributed by atoms with Crippen molar-refractivity contribution in [2.75, 3.05) is 6.54 Å². The Morgan fingerprint density at radius 1 is 1.24 bits per heavy atom. The van der Waals surface area contributed by atoms with Gasteiger partial charge in [0.25, 0.3) is 10.0 Å². The highest BCUT2D eigenvalue weighted by molar-refractivity contribution is 7.89. The Morgan fingerprint density at radius 3 is 2.48 bits per heavy atom. The van der Waals surface area contributed by atoms with E-state index in [2.05, 4.69) is 34.1 Å². The molecule has 7 heteroatoms.